The van der Waals surface area contributed by atoms with Crippen LogP contribution in [0.25, 0.3) is 0 Å². The molecule has 0 aliphatic carbocycles. The molecule has 0 bridgehead atoms. The number of carbonyl (C=O) groups is 1. The van der Waals surface area contributed by atoms with Crippen molar-refractivity contribution in [3.63, 3.8) is 0 Å². The van der Waals surface area contributed by atoms with Gasteiger partial charge in [-0.2, -0.15) is 0 Å². The number of allylic oxidation sites excluding steroid dienone is 17. The van der Waals surface area contributed by atoms with E-state index in [1.54, 1.807) is 6.08 Å². The van der Waals surface area contributed by atoms with Crippen LogP contribution in [-0.2, 0) is 4.79 Å². The number of rotatable bonds is 52. The molecule has 0 aromatic carbocycles. The average molecular weight is 943 g/mol. The Bertz CT molecular complexity index is 1300. The third kappa shape index (κ3) is 54.0. The van der Waals surface area contributed by atoms with Gasteiger partial charge in [-0.3, -0.25) is 4.79 Å². The van der Waals surface area contributed by atoms with E-state index in [1.165, 1.54) is 167 Å². The Hall–Kier alpha value is -2.95. The van der Waals surface area contributed by atoms with Gasteiger partial charge in [0.15, 0.2) is 0 Å². The fraction of sp³-hybridized carbons (Fsp3) is 0.703. The third-order valence-corrected chi connectivity index (χ3v) is 12.7. The highest BCUT2D eigenvalue weighted by atomic mass is 16.3. The molecule has 2 atom stereocenters. The Labute approximate surface area is 423 Å². The molecule has 0 heterocycles. The Morgan fingerprint density at radius 3 is 1.03 bits per heavy atom. The van der Waals surface area contributed by atoms with Gasteiger partial charge in [-0.1, -0.05) is 284 Å². The maximum atomic E-state index is 12.5. The summed E-state index contributed by atoms with van der Waals surface area (Å²) in [7, 11) is 0. The van der Waals surface area contributed by atoms with E-state index in [0.29, 0.717) is 6.42 Å². The topological polar surface area (TPSA) is 69.6 Å². The van der Waals surface area contributed by atoms with Crippen molar-refractivity contribution in [1.82, 2.24) is 5.32 Å². The number of aliphatic hydroxyl groups is 2. The first-order valence-corrected chi connectivity index (χ1v) is 29.1. The number of aliphatic hydroxyl groups excluding tert-OH is 2. The zero-order valence-electron chi connectivity index (χ0n) is 44.8. The molecule has 0 spiro atoms. The average Bonchev–Trinajstić information content (AvgIpc) is 3.34. The predicted octanol–water partition coefficient (Wildman–Crippen LogP) is 19.5. The maximum Gasteiger partial charge on any atom is 0.220 e. The van der Waals surface area contributed by atoms with Gasteiger partial charge in [-0.15, -0.1) is 0 Å². The Balaban J connectivity index is 3.61. The summed E-state index contributed by atoms with van der Waals surface area (Å²) >= 11 is 0. The second-order valence-electron chi connectivity index (χ2n) is 19.3. The molecule has 68 heavy (non-hydrogen) atoms. The number of carbonyl (C=O) groups excluding carboxylic acids is 1. The lowest BCUT2D eigenvalue weighted by Crippen LogP contribution is -2.45. The van der Waals surface area contributed by atoms with Crippen LogP contribution in [0.3, 0.4) is 0 Å². The lowest BCUT2D eigenvalue weighted by molar-refractivity contribution is -0.123. The van der Waals surface area contributed by atoms with Gasteiger partial charge in [0.2, 0.25) is 5.91 Å². The summed E-state index contributed by atoms with van der Waals surface area (Å²) < 4.78 is 0. The molecule has 0 aliphatic heterocycles. The molecule has 0 aromatic rings. The molecule has 0 radical (unpaired) electrons. The Kier molecular flexibility index (Phi) is 55.8. The first-order valence-electron chi connectivity index (χ1n) is 29.1. The van der Waals surface area contributed by atoms with Gasteiger partial charge in [0.05, 0.1) is 18.8 Å². The van der Waals surface area contributed by atoms with Crippen molar-refractivity contribution in [1.29, 1.82) is 0 Å². The van der Waals surface area contributed by atoms with E-state index >= 15 is 0 Å². The number of nitrogens with one attached hydrogen (secondary N) is 1. The van der Waals surface area contributed by atoms with Crippen LogP contribution in [0.2, 0.25) is 0 Å². The molecule has 4 nitrogen and oxygen atoms in total. The summed E-state index contributed by atoms with van der Waals surface area (Å²) in [4.78, 5) is 12.5. The highest BCUT2D eigenvalue weighted by Crippen LogP contribution is 2.16. The summed E-state index contributed by atoms with van der Waals surface area (Å²) in [6, 6.07) is -0.651. The van der Waals surface area contributed by atoms with Crippen LogP contribution in [0.5, 0.6) is 0 Å². The van der Waals surface area contributed by atoms with Gasteiger partial charge in [-0.25, -0.2) is 0 Å². The molecular weight excluding hydrogens is 831 g/mol. The third-order valence-electron chi connectivity index (χ3n) is 12.7. The van der Waals surface area contributed by atoms with E-state index in [9.17, 15) is 15.0 Å². The van der Waals surface area contributed by atoms with E-state index in [2.05, 4.69) is 116 Å². The SMILES string of the molecule is CC/C=C\C/C=C\C/C=C\C/C=C\C/C=C\C/C=C\C/C=C\CCCCCCCCCCCC(=O)NC(CO)C(O)/C=C/CC/C=C/CCCCCCCCCCCCCCCCCCCCC. The van der Waals surface area contributed by atoms with Crippen molar-refractivity contribution >= 4 is 5.91 Å². The minimum atomic E-state index is -0.873. The number of amides is 1. The minimum Gasteiger partial charge on any atom is -0.394 e. The number of hydrogen-bond acceptors (Lipinski definition) is 3. The molecule has 2 unspecified atom stereocenters. The van der Waals surface area contributed by atoms with Crippen LogP contribution in [0.4, 0.5) is 0 Å². The highest BCUT2D eigenvalue weighted by Gasteiger charge is 2.18. The molecule has 0 saturated heterocycles. The predicted molar refractivity (Wildman–Crippen MR) is 303 cm³/mol. The monoisotopic (exact) mass is 942 g/mol. The zero-order chi connectivity index (χ0) is 49.2. The molecule has 3 N–H and O–H groups in total. The summed E-state index contributed by atoms with van der Waals surface area (Å²) in [5.41, 5.74) is 0. The van der Waals surface area contributed by atoms with E-state index in [1.807, 2.05) is 6.08 Å². The van der Waals surface area contributed by atoms with Crippen molar-refractivity contribution in [3.8, 4) is 0 Å². The lowest BCUT2D eigenvalue weighted by atomic mass is 10.0. The van der Waals surface area contributed by atoms with E-state index in [-0.39, 0.29) is 12.5 Å². The van der Waals surface area contributed by atoms with Crippen LogP contribution >= 0.6 is 0 Å². The van der Waals surface area contributed by atoms with E-state index in [0.717, 1.165) is 83.5 Å². The fourth-order valence-corrected chi connectivity index (χ4v) is 8.35. The first-order chi connectivity index (χ1) is 33.7. The summed E-state index contributed by atoms with van der Waals surface area (Å²) in [5.74, 6) is -0.0827. The summed E-state index contributed by atoms with van der Waals surface area (Å²) in [6.07, 6.45) is 88.2. The molecule has 0 fully saturated rings. The molecule has 0 saturated carbocycles. The molecular formula is C64H111NO3. The number of hydrogen-bond donors (Lipinski definition) is 3. The van der Waals surface area contributed by atoms with Gasteiger partial charge >= 0.3 is 0 Å². The van der Waals surface area contributed by atoms with Crippen LogP contribution in [0.1, 0.15) is 271 Å². The molecule has 4 heteroatoms. The van der Waals surface area contributed by atoms with Crippen LogP contribution in [0, 0.1) is 0 Å². The van der Waals surface area contributed by atoms with Gasteiger partial charge in [0.1, 0.15) is 0 Å². The van der Waals surface area contributed by atoms with Crippen molar-refractivity contribution in [2.75, 3.05) is 6.61 Å². The number of unbranched alkanes of at least 4 members (excludes halogenated alkanes) is 29. The summed E-state index contributed by atoms with van der Waals surface area (Å²) in [6.45, 7) is 4.19. The Morgan fingerprint density at radius 2 is 0.662 bits per heavy atom. The maximum absolute atomic E-state index is 12.5. The van der Waals surface area contributed by atoms with Crippen LogP contribution in [0.15, 0.2) is 109 Å². The van der Waals surface area contributed by atoms with Gasteiger partial charge < -0.3 is 15.5 Å². The second kappa shape index (κ2) is 58.4. The minimum absolute atomic E-state index is 0.0827. The van der Waals surface area contributed by atoms with Gasteiger partial charge in [-0.05, 0) is 89.9 Å². The van der Waals surface area contributed by atoms with Crippen molar-refractivity contribution in [3.05, 3.63) is 109 Å². The molecule has 1 amide bonds. The summed E-state index contributed by atoms with van der Waals surface area (Å²) in [5, 5.41) is 23.2. The van der Waals surface area contributed by atoms with Gasteiger partial charge in [0.25, 0.3) is 0 Å². The molecule has 0 aromatic heterocycles. The first kappa shape index (κ1) is 65.0. The zero-order valence-corrected chi connectivity index (χ0v) is 44.8. The van der Waals surface area contributed by atoms with Crippen LogP contribution < -0.4 is 5.32 Å². The molecule has 0 aliphatic rings. The fourth-order valence-electron chi connectivity index (χ4n) is 8.35. The second-order valence-corrected chi connectivity index (χ2v) is 19.3. The van der Waals surface area contributed by atoms with Crippen LogP contribution in [-0.4, -0.2) is 34.9 Å². The van der Waals surface area contributed by atoms with E-state index < -0.39 is 12.1 Å². The Morgan fingerprint density at radius 1 is 0.368 bits per heavy atom. The molecule has 0 rings (SSSR count). The highest BCUT2D eigenvalue weighted by molar-refractivity contribution is 5.76. The lowest BCUT2D eigenvalue weighted by Gasteiger charge is -2.19. The van der Waals surface area contributed by atoms with E-state index in [4.69, 9.17) is 0 Å². The van der Waals surface area contributed by atoms with Crippen molar-refractivity contribution in [2.45, 2.75) is 283 Å². The van der Waals surface area contributed by atoms with Crippen molar-refractivity contribution in [2.24, 2.45) is 0 Å². The normalized spacial score (nSPS) is 13.6. The molecule has 390 valence electrons. The largest absolute Gasteiger partial charge is 0.394 e. The smallest absolute Gasteiger partial charge is 0.220 e. The standard InChI is InChI=1S/C64H111NO3/c1-3-5-7-9-11-13-15-17-19-21-23-25-27-29-30-31-32-33-34-36-38-40-42-44-46-48-50-52-54-56-58-60-64(68)65-62(61-66)63(67)59-57-55-53-51-49-47-45-43-41-39-37-35-28-26-24-22-20-18-16-14-12-10-8-6-4-2/h5,7,11,13,17,19,23,25,29-30,32-33,36,38,49,51,57,59,62-63,66-67H,3-4,6,8-10,12,14-16,18,20-22,24,26-28,31,34-35,37,39-48,50,52-56,58,60-61H2,1-2H3,(H,65,68)/b7-5-,13-11-,19-17-,25-23-,30-29-,33-32-,38-36-,51-49+,59-57+. The van der Waals surface area contributed by atoms with Gasteiger partial charge in [0, 0.05) is 6.42 Å². The quantitative estimate of drug-likeness (QED) is 0.0420. The van der Waals surface area contributed by atoms with Crippen molar-refractivity contribution < 1.29 is 15.0 Å².